The molecule has 3 rings (SSSR count). The summed E-state index contributed by atoms with van der Waals surface area (Å²) in [6, 6.07) is 15.8. The molecule has 0 saturated heterocycles. The van der Waals surface area contributed by atoms with Crippen LogP contribution in [0.5, 0.6) is 0 Å². The minimum absolute atomic E-state index is 0.00889. The van der Waals surface area contributed by atoms with E-state index >= 15 is 0 Å². The number of thioether (sulfide) groups is 1. The fourth-order valence-corrected chi connectivity index (χ4v) is 5.42. The van der Waals surface area contributed by atoms with Crippen LogP contribution in [0.4, 0.5) is 0 Å². The van der Waals surface area contributed by atoms with Gasteiger partial charge in [-0.1, -0.05) is 67.6 Å². The summed E-state index contributed by atoms with van der Waals surface area (Å²) >= 11 is 7.69. The third kappa shape index (κ3) is 8.35. The van der Waals surface area contributed by atoms with Crippen LogP contribution >= 0.6 is 23.4 Å². The van der Waals surface area contributed by atoms with Crippen molar-refractivity contribution in [1.82, 2.24) is 10.2 Å². The third-order valence-corrected chi connectivity index (χ3v) is 7.78. The van der Waals surface area contributed by atoms with Gasteiger partial charge < -0.3 is 10.2 Å². The number of amides is 2. The van der Waals surface area contributed by atoms with Crippen LogP contribution in [0.1, 0.15) is 69.4 Å². The largest absolute Gasteiger partial charge is 0.352 e. The second-order valence-electron chi connectivity index (χ2n) is 9.18. The normalized spacial score (nSPS) is 15.0. The molecule has 2 aromatic rings. The molecule has 184 valence electrons. The lowest BCUT2D eigenvalue weighted by molar-refractivity contribution is -0.141. The van der Waals surface area contributed by atoms with Crippen LogP contribution in [-0.2, 0) is 16.1 Å². The molecule has 34 heavy (non-hydrogen) atoms. The number of carbonyl (C=O) groups excluding carboxylic acids is 2. The highest BCUT2D eigenvalue weighted by Gasteiger charge is 2.30. The van der Waals surface area contributed by atoms with Crippen LogP contribution in [0.25, 0.3) is 0 Å². The van der Waals surface area contributed by atoms with Gasteiger partial charge in [0.1, 0.15) is 6.04 Å². The van der Waals surface area contributed by atoms with Gasteiger partial charge in [0.25, 0.3) is 0 Å². The summed E-state index contributed by atoms with van der Waals surface area (Å²) in [5.41, 5.74) is 2.24. The first kappa shape index (κ1) is 26.6. The van der Waals surface area contributed by atoms with Crippen LogP contribution in [0, 0.1) is 6.92 Å². The van der Waals surface area contributed by atoms with E-state index in [0.717, 1.165) is 40.5 Å². The van der Waals surface area contributed by atoms with E-state index in [4.69, 9.17) is 11.6 Å². The lowest BCUT2D eigenvalue weighted by Gasteiger charge is -2.33. The number of rotatable bonds is 11. The Morgan fingerprint density at radius 3 is 2.38 bits per heavy atom. The monoisotopic (exact) mass is 500 g/mol. The number of hydrogen-bond donors (Lipinski definition) is 1. The van der Waals surface area contributed by atoms with Crippen molar-refractivity contribution >= 4 is 35.2 Å². The maximum absolute atomic E-state index is 13.4. The number of nitrogens with zero attached hydrogens (tertiary/aromatic N) is 1. The quantitative estimate of drug-likeness (QED) is 0.273. The maximum Gasteiger partial charge on any atom is 0.243 e. The molecule has 0 aromatic heterocycles. The number of carbonyl (C=O) groups is 2. The number of benzene rings is 2. The molecule has 2 aromatic carbocycles. The van der Waals surface area contributed by atoms with Crippen LogP contribution in [0.2, 0.25) is 5.02 Å². The highest BCUT2D eigenvalue weighted by atomic mass is 35.5. The van der Waals surface area contributed by atoms with Gasteiger partial charge in [0.15, 0.2) is 0 Å². The molecule has 1 N–H and O–H groups in total. The van der Waals surface area contributed by atoms with Crippen molar-refractivity contribution < 1.29 is 9.59 Å². The summed E-state index contributed by atoms with van der Waals surface area (Å²) < 4.78 is 0. The molecule has 0 radical (unpaired) electrons. The maximum atomic E-state index is 13.4. The zero-order valence-corrected chi connectivity index (χ0v) is 22.0. The molecule has 0 spiro atoms. The van der Waals surface area contributed by atoms with Crippen molar-refractivity contribution in [1.29, 1.82) is 0 Å². The van der Waals surface area contributed by atoms with E-state index in [1.165, 1.54) is 24.8 Å². The molecule has 0 heterocycles. The highest BCUT2D eigenvalue weighted by Crippen LogP contribution is 2.23. The molecule has 0 aliphatic heterocycles. The topological polar surface area (TPSA) is 49.4 Å². The molecule has 6 heteroatoms. The van der Waals surface area contributed by atoms with Gasteiger partial charge in [-0.3, -0.25) is 9.59 Å². The first-order valence-electron chi connectivity index (χ1n) is 12.5. The van der Waals surface area contributed by atoms with E-state index in [1.54, 1.807) is 16.7 Å². The van der Waals surface area contributed by atoms with E-state index in [0.29, 0.717) is 19.4 Å². The van der Waals surface area contributed by atoms with Crippen molar-refractivity contribution in [2.75, 3.05) is 5.75 Å². The predicted octanol–water partition coefficient (Wildman–Crippen LogP) is 6.78. The summed E-state index contributed by atoms with van der Waals surface area (Å²) in [4.78, 5) is 29.6. The Hall–Kier alpha value is -1.98. The summed E-state index contributed by atoms with van der Waals surface area (Å²) in [6.45, 7) is 4.51. The first-order chi connectivity index (χ1) is 16.5. The van der Waals surface area contributed by atoms with E-state index in [2.05, 4.69) is 36.5 Å². The molecule has 1 aliphatic rings. The van der Waals surface area contributed by atoms with Gasteiger partial charge in [-0.25, -0.2) is 0 Å². The Morgan fingerprint density at radius 1 is 1.06 bits per heavy atom. The number of halogens is 1. The molecule has 1 saturated carbocycles. The van der Waals surface area contributed by atoms with E-state index in [-0.39, 0.29) is 17.9 Å². The number of nitrogens with one attached hydrogen (secondary N) is 1. The van der Waals surface area contributed by atoms with Crippen LogP contribution in [0.3, 0.4) is 0 Å². The Bertz CT molecular complexity index is 911. The minimum atomic E-state index is -0.445. The van der Waals surface area contributed by atoms with Crippen molar-refractivity contribution in [3.63, 3.8) is 0 Å². The Balaban J connectivity index is 1.63. The number of aryl methyl sites for hydroxylation is 1. The van der Waals surface area contributed by atoms with Gasteiger partial charge in [0.2, 0.25) is 11.8 Å². The lowest BCUT2D eigenvalue weighted by Crippen LogP contribution is -2.51. The average Bonchev–Trinajstić information content (AvgIpc) is 2.84. The molecule has 1 aliphatic carbocycles. The van der Waals surface area contributed by atoms with Gasteiger partial charge >= 0.3 is 0 Å². The Labute approximate surface area is 213 Å². The smallest absolute Gasteiger partial charge is 0.243 e. The SMILES string of the molecule is CC[C@H](C(=O)NC1CCCCC1)N(Cc1ccc(C)cc1)C(=O)CCCSc1ccc(Cl)cc1. The predicted molar refractivity (Wildman–Crippen MR) is 142 cm³/mol. The summed E-state index contributed by atoms with van der Waals surface area (Å²) in [5, 5.41) is 3.97. The van der Waals surface area contributed by atoms with E-state index in [1.807, 2.05) is 31.2 Å². The zero-order chi connectivity index (χ0) is 24.3. The highest BCUT2D eigenvalue weighted by molar-refractivity contribution is 7.99. The van der Waals surface area contributed by atoms with Crippen molar-refractivity contribution in [2.45, 2.75) is 88.7 Å². The first-order valence-corrected chi connectivity index (χ1v) is 13.9. The molecule has 0 unspecified atom stereocenters. The molecule has 1 atom stereocenters. The van der Waals surface area contributed by atoms with E-state index in [9.17, 15) is 9.59 Å². The fraction of sp³-hybridized carbons (Fsp3) is 0.500. The molecular weight excluding hydrogens is 464 g/mol. The average molecular weight is 501 g/mol. The van der Waals surface area contributed by atoms with Crippen molar-refractivity contribution in [3.05, 3.63) is 64.7 Å². The fourth-order valence-electron chi connectivity index (χ4n) is 4.44. The van der Waals surface area contributed by atoms with Crippen LogP contribution in [-0.4, -0.2) is 34.6 Å². The molecule has 4 nitrogen and oxygen atoms in total. The molecule has 2 amide bonds. The van der Waals surface area contributed by atoms with Crippen LogP contribution < -0.4 is 5.32 Å². The Kier molecular flexibility index (Phi) is 10.8. The molecular formula is C28H37ClN2O2S. The lowest BCUT2D eigenvalue weighted by atomic mass is 9.95. The van der Waals surface area contributed by atoms with E-state index < -0.39 is 6.04 Å². The number of hydrogen-bond acceptors (Lipinski definition) is 3. The summed E-state index contributed by atoms with van der Waals surface area (Å²) in [6.07, 6.45) is 7.45. The van der Waals surface area contributed by atoms with Gasteiger partial charge in [-0.05, 0) is 68.2 Å². The van der Waals surface area contributed by atoms with Gasteiger partial charge in [0.05, 0.1) is 0 Å². The third-order valence-electron chi connectivity index (χ3n) is 6.43. The second-order valence-corrected chi connectivity index (χ2v) is 10.8. The summed E-state index contributed by atoms with van der Waals surface area (Å²) in [5.74, 6) is 0.880. The Morgan fingerprint density at radius 2 is 1.74 bits per heavy atom. The van der Waals surface area contributed by atoms with Gasteiger partial charge in [-0.2, -0.15) is 0 Å². The van der Waals surface area contributed by atoms with Crippen LogP contribution in [0.15, 0.2) is 53.4 Å². The molecule has 1 fully saturated rings. The second kappa shape index (κ2) is 13.8. The van der Waals surface area contributed by atoms with Crippen molar-refractivity contribution in [3.8, 4) is 0 Å². The van der Waals surface area contributed by atoms with Gasteiger partial charge in [-0.15, -0.1) is 11.8 Å². The summed E-state index contributed by atoms with van der Waals surface area (Å²) in [7, 11) is 0. The standard InChI is InChI=1S/C28H37ClN2O2S/c1-3-26(28(33)30-24-8-5-4-6-9-24)31(20-22-13-11-21(2)12-14-22)27(32)10-7-19-34-25-17-15-23(29)16-18-25/h11-18,24,26H,3-10,19-20H2,1-2H3,(H,30,33)/t26-/m1/s1. The van der Waals surface area contributed by atoms with Crippen molar-refractivity contribution in [2.24, 2.45) is 0 Å². The molecule has 0 bridgehead atoms. The minimum Gasteiger partial charge on any atom is -0.352 e. The van der Waals surface area contributed by atoms with Gasteiger partial charge in [0, 0.05) is 28.9 Å². The zero-order valence-electron chi connectivity index (χ0n) is 20.4.